The summed E-state index contributed by atoms with van der Waals surface area (Å²) in [5, 5.41) is 3.14. The third-order valence-electron chi connectivity index (χ3n) is 2.74. The number of hydrogen-bond donors (Lipinski definition) is 1. The van der Waals surface area contributed by atoms with E-state index >= 15 is 0 Å². The standard InChI is InChI=1S/C12H13N3O/c1-13-7-9-2-3-11-10(6-9)15-5-4-14-12(15)8-16-11/h2-6,13H,7-8H2,1H3. The van der Waals surface area contributed by atoms with E-state index in [4.69, 9.17) is 4.74 Å². The molecule has 0 saturated carbocycles. The van der Waals surface area contributed by atoms with Gasteiger partial charge in [-0.1, -0.05) is 6.07 Å². The van der Waals surface area contributed by atoms with Gasteiger partial charge >= 0.3 is 0 Å². The third kappa shape index (κ3) is 1.39. The van der Waals surface area contributed by atoms with E-state index < -0.39 is 0 Å². The molecule has 3 rings (SSSR count). The van der Waals surface area contributed by atoms with Crippen LogP contribution in [0.1, 0.15) is 11.4 Å². The van der Waals surface area contributed by atoms with Crippen LogP contribution >= 0.6 is 0 Å². The van der Waals surface area contributed by atoms with E-state index in [0.29, 0.717) is 6.61 Å². The minimum atomic E-state index is 0.547. The molecule has 0 fully saturated rings. The highest BCUT2D eigenvalue weighted by atomic mass is 16.5. The Morgan fingerprint density at radius 3 is 3.31 bits per heavy atom. The number of fused-ring (bicyclic) bond motifs is 3. The zero-order valence-electron chi connectivity index (χ0n) is 9.10. The van der Waals surface area contributed by atoms with Crippen molar-refractivity contribution in [1.29, 1.82) is 0 Å². The second kappa shape index (κ2) is 3.64. The molecule has 4 heteroatoms. The first kappa shape index (κ1) is 9.42. The van der Waals surface area contributed by atoms with Crippen LogP contribution in [-0.2, 0) is 13.2 Å². The highest BCUT2D eigenvalue weighted by molar-refractivity contribution is 5.51. The summed E-state index contributed by atoms with van der Waals surface area (Å²) in [6.07, 6.45) is 3.78. The number of aromatic nitrogens is 2. The van der Waals surface area contributed by atoms with Crippen LogP contribution in [0.3, 0.4) is 0 Å². The summed E-state index contributed by atoms with van der Waals surface area (Å²) in [4.78, 5) is 4.25. The third-order valence-corrected chi connectivity index (χ3v) is 2.74. The van der Waals surface area contributed by atoms with E-state index in [2.05, 4.69) is 27.0 Å². The first-order valence-corrected chi connectivity index (χ1v) is 5.31. The Hall–Kier alpha value is -1.81. The van der Waals surface area contributed by atoms with E-state index in [0.717, 1.165) is 23.8 Å². The van der Waals surface area contributed by atoms with Gasteiger partial charge in [0.1, 0.15) is 12.4 Å². The van der Waals surface area contributed by atoms with Crippen molar-refractivity contribution < 1.29 is 4.74 Å². The van der Waals surface area contributed by atoms with Gasteiger partial charge in [0.05, 0.1) is 5.69 Å². The summed E-state index contributed by atoms with van der Waals surface area (Å²) in [7, 11) is 1.94. The number of rotatable bonds is 2. The number of nitrogens with zero attached hydrogens (tertiary/aromatic N) is 2. The van der Waals surface area contributed by atoms with Gasteiger partial charge in [0.2, 0.25) is 0 Å². The van der Waals surface area contributed by atoms with Gasteiger partial charge in [-0.05, 0) is 24.7 Å². The Balaban J connectivity index is 2.11. The first-order chi connectivity index (χ1) is 7.88. The second-order valence-corrected chi connectivity index (χ2v) is 3.83. The fraction of sp³-hybridized carbons (Fsp3) is 0.250. The van der Waals surface area contributed by atoms with Gasteiger partial charge in [-0.2, -0.15) is 0 Å². The van der Waals surface area contributed by atoms with E-state index in [1.165, 1.54) is 5.56 Å². The lowest BCUT2D eigenvalue weighted by atomic mass is 10.1. The lowest BCUT2D eigenvalue weighted by Crippen LogP contribution is -2.13. The molecule has 82 valence electrons. The number of nitrogens with one attached hydrogen (secondary N) is 1. The van der Waals surface area contributed by atoms with Gasteiger partial charge < -0.3 is 10.1 Å². The summed E-state index contributed by atoms with van der Waals surface area (Å²) < 4.78 is 7.72. The van der Waals surface area contributed by atoms with Gasteiger partial charge in [0.15, 0.2) is 5.82 Å². The lowest BCUT2D eigenvalue weighted by Gasteiger charge is -2.20. The van der Waals surface area contributed by atoms with E-state index in [1.54, 1.807) is 6.20 Å². The molecule has 0 saturated heterocycles. The van der Waals surface area contributed by atoms with Crippen LogP contribution in [0.25, 0.3) is 5.69 Å². The molecular formula is C12H13N3O. The van der Waals surface area contributed by atoms with Gasteiger partial charge in [0, 0.05) is 18.9 Å². The van der Waals surface area contributed by atoms with Crippen molar-refractivity contribution in [2.24, 2.45) is 0 Å². The zero-order valence-corrected chi connectivity index (χ0v) is 9.10. The first-order valence-electron chi connectivity index (χ1n) is 5.31. The maximum absolute atomic E-state index is 5.64. The predicted molar refractivity (Wildman–Crippen MR) is 60.7 cm³/mol. The van der Waals surface area contributed by atoms with Crippen LogP contribution in [0, 0.1) is 0 Å². The topological polar surface area (TPSA) is 39.1 Å². The van der Waals surface area contributed by atoms with Crippen molar-refractivity contribution in [3.8, 4) is 11.4 Å². The second-order valence-electron chi connectivity index (χ2n) is 3.83. The molecular weight excluding hydrogens is 202 g/mol. The zero-order chi connectivity index (χ0) is 11.0. The number of benzene rings is 1. The molecule has 0 unspecified atom stereocenters. The van der Waals surface area contributed by atoms with Crippen molar-refractivity contribution in [2.75, 3.05) is 7.05 Å². The monoisotopic (exact) mass is 215 g/mol. The molecule has 16 heavy (non-hydrogen) atoms. The Morgan fingerprint density at radius 2 is 2.44 bits per heavy atom. The van der Waals surface area contributed by atoms with Crippen molar-refractivity contribution in [1.82, 2.24) is 14.9 Å². The minimum absolute atomic E-state index is 0.547. The Labute approximate surface area is 93.9 Å². The normalized spacial score (nSPS) is 12.8. The summed E-state index contributed by atoms with van der Waals surface area (Å²) in [5.41, 5.74) is 2.32. The molecule has 1 aliphatic rings. The molecule has 1 N–H and O–H groups in total. The van der Waals surface area contributed by atoms with Crippen LogP contribution < -0.4 is 10.1 Å². The van der Waals surface area contributed by atoms with Crippen LogP contribution in [-0.4, -0.2) is 16.6 Å². The fourth-order valence-corrected chi connectivity index (χ4v) is 1.99. The van der Waals surface area contributed by atoms with Gasteiger partial charge in [-0.15, -0.1) is 0 Å². The molecule has 0 radical (unpaired) electrons. The summed E-state index contributed by atoms with van der Waals surface area (Å²) in [6, 6.07) is 6.23. The SMILES string of the molecule is CNCc1ccc2c(c1)-n1ccnc1CO2. The molecule has 0 bridgehead atoms. The van der Waals surface area contributed by atoms with Crippen molar-refractivity contribution in [3.63, 3.8) is 0 Å². The smallest absolute Gasteiger partial charge is 0.151 e. The predicted octanol–water partition coefficient (Wildman–Crippen LogP) is 1.48. The molecule has 1 aliphatic heterocycles. The fourth-order valence-electron chi connectivity index (χ4n) is 1.99. The van der Waals surface area contributed by atoms with Crippen molar-refractivity contribution in [3.05, 3.63) is 42.0 Å². The van der Waals surface area contributed by atoms with E-state index in [9.17, 15) is 0 Å². The van der Waals surface area contributed by atoms with Gasteiger partial charge in [-0.25, -0.2) is 4.98 Å². The average Bonchev–Trinajstić information content (AvgIpc) is 2.78. The molecule has 2 heterocycles. The highest BCUT2D eigenvalue weighted by Gasteiger charge is 2.16. The maximum atomic E-state index is 5.64. The number of hydrogen-bond acceptors (Lipinski definition) is 3. The largest absolute Gasteiger partial charge is 0.483 e. The average molecular weight is 215 g/mol. The lowest BCUT2D eigenvalue weighted by molar-refractivity contribution is 0.279. The summed E-state index contributed by atoms with van der Waals surface area (Å²) in [6.45, 7) is 1.41. The molecule has 0 aliphatic carbocycles. The maximum Gasteiger partial charge on any atom is 0.151 e. The van der Waals surface area contributed by atoms with Crippen LogP contribution in [0.4, 0.5) is 0 Å². The van der Waals surface area contributed by atoms with E-state index in [1.807, 2.05) is 19.3 Å². The quantitative estimate of drug-likeness (QED) is 0.824. The van der Waals surface area contributed by atoms with Crippen LogP contribution in [0.5, 0.6) is 5.75 Å². The van der Waals surface area contributed by atoms with Crippen molar-refractivity contribution >= 4 is 0 Å². The molecule has 4 nitrogen and oxygen atoms in total. The van der Waals surface area contributed by atoms with Crippen LogP contribution in [0.15, 0.2) is 30.6 Å². The highest BCUT2D eigenvalue weighted by Crippen LogP contribution is 2.29. The van der Waals surface area contributed by atoms with Crippen LogP contribution in [0.2, 0.25) is 0 Å². The molecule has 2 aromatic rings. The molecule has 0 spiro atoms. The van der Waals surface area contributed by atoms with E-state index in [-0.39, 0.29) is 0 Å². The molecule has 0 amide bonds. The Morgan fingerprint density at radius 1 is 1.50 bits per heavy atom. The van der Waals surface area contributed by atoms with Crippen molar-refractivity contribution in [2.45, 2.75) is 13.2 Å². The Bertz CT molecular complexity index is 519. The van der Waals surface area contributed by atoms with Gasteiger partial charge in [0.25, 0.3) is 0 Å². The minimum Gasteiger partial charge on any atom is -0.483 e. The molecule has 1 aromatic heterocycles. The summed E-state index contributed by atoms with van der Waals surface area (Å²) >= 11 is 0. The Kier molecular flexibility index (Phi) is 2.15. The van der Waals surface area contributed by atoms with Gasteiger partial charge in [-0.3, -0.25) is 4.57 Å². The molecule has 0 atom stereocenters. The number of imidazole rings is 1. The number of ether oxygens (including phenoxy) is 1. The molecule has 1 aromatic carbocycles. The summed E-state index contributed by atoms with van der Waals surface area (Å²) in [5.74, 6) is 1.87.